The zero-order valence-corrected chi connectivity index (χ0v) is 17.7. The van der Waals surface area contributed by atoms with Crippen LogP contribution in [0.2, 0.25) is 5.02 Å². The zero-order valence-electron chi connectivity index (χ0n) is 16.2. The molecule has 0 radical (unpaired) electrons. The van der Waals surface area contributed by atoms with Crippen LogP contribution < -0.4 is 15.4 Å². The first-order valence-corrected chi connectivity index (χ1v) is 10.8. The summed E-state index contributed by atoms with van der Waals surface area (Å²) in [6, 6.07) is 10.6. The monoisotopic (exact) mass is 484 g/mol. The fourth-order valence-electron chi connectivity index (χ4n) is 2.58. The maximum Gasteiger partial charge on any atom is 0.416 e. The highest BCUT2D eigenvalue weighted by atomic mass is 35.5. The number of nitrogens with one attached hydrogen (secondary N) is 3. The minimum atomic E-state index is -4.72. The molecule has 0 unspecified atom stereocenters. The lowest BCUT2D eigenvalue weighted by Crippen LogP contribution is -2.28. The average molecular weight is 485 g/mol. The first-order chi connectivity index (χ1) is 15.0. The molecule has 32 heavy (non-hydrogen) atoms. The Kier molecular flexibility index (Phi) is 6.90. The van der Waals surface area contributed by atoms with Gasteiger partial charge in [-0.2, -0.15) is 13.2 Å². The third kappa shape index (κ3) is 6.11. The van der Waals surface area contributed by atoms with Crippen molar-refractivity contribution in [1.29, 1.82) is 0 Å². The number of sulfonamides is 1. The summed E-state index contributed by atoms with van der Waals surface area (Å²) in [6.45, 7) is 0.282. The van der Waals surface area contributed by atoms with Crippen molar-refractivity contribution in [2.24, 2.45) is 0 Å². The van der Waals surface area contributed by atoms with E-state index >= 15 is 0 Å². The number of alkyl halides is 3. The number of aromatic nitrogens is 1. The normalized spacial score (nSPS) is 11.6. The number of carbonyl (C=O) groups is 1. The Labute approximate surface area is 186 Å². The number of rotatable bonds is 6. The number of benzene rings is 2. The second-order valence-corrected chi connectivity index (χ2v) is 8.55. The number of pyridine rings is 1. The Morgan fingerprint density at radius 2 is 1.59 bits per heavy atom. The van der Waals surface area contributed by atoms with Crippen LogP contribution in [0, 0.1) is 0 Å². The molecule has 168 valence electrons. The average Bonchev–Trinajstić information content (AvgIpc) is 2.73. The lowest BCUT2D eigenvalue weighted by molar-refractivity contribution is -0.137. The standard InChI is InChI=1S/C20H16ClF3N4O3S/c21-17-6-1-14(20(22,23)24)11-18(17)32(30,31)28-16-4-2-15(3-5-16)27-19(29)26-12-13-7-9-25-10-8-13/h1-11,28H,12H2,(H2,26,27,29). The van der Waals surface area contributed by atoms with Crippen molar-refractivity contribution >= 4 is 39.0 Å². The molecule has 2 amide bonds. The Balaban J connectivity index is 1.65. The molecular weight excluding hydrogens is 469 g/mol. The van der Waals surface area contributed by atoms with Gasteiger partial charge in [-0.25, -0.2) is 13.2 Å². The minimum absolute atomic E-state index is 0.0706. The van der Waals surface area contributed by atoms with Crippen molar-refractivity contribution in [3.05, 3.63) is 83.1 Å². The topological polar surface area (TPSA) is 100 Å². The molecular formula is C20H16ClF3N4O3S. The molecule has 0 aliphatic carbocycles. The number of nitrogens with zero attached hydrogens (tertiary/aromatic N) is 1. The summed E-state index contributed by atoms with van der Waals surface area (Å²) in [7, 11) is -4.39. The number of anilines is 2. The number of hydrogen-bond donors (Lipinski definition) is 3. The molecule has 0 fully saturated rings. The van der Waals surface area contributed by atoms with Crippen LogP contribution in [0.5, 0.6) is 0 Å². The summed E-state index contributed by atoms with van der Waals surface area (Å²) in [5.41, 5.74) is 0.159. The van der Waals surface area contributed by atoms with E-state index in [4.69, 9.17) is 11.6 Å². The molecule has 1 aromatic heterocycles. The van der Waals surface area contributed by atoms with Gasteiger partial charge in [-0.1, -0.05) is 11.6 Å². The SMILES string of the molecule is O=C(NCc1ccncc1)Nc1ccc(NS(=O)(=O)c2cc(C(F)(F)F)ccc2Cl)cc1. The summed E-state index contributed by atoms with van der Waals surface area (Å²) < 4.78 is 66.0. The maximum atomic E-state index is 12.9. The molecule has 3 aromatic rings. The van der Waals surface area contributed by atoms with Crippen molar-refractivity contribution in [3.8, 4) is 0 Å². The van der Waals surface area contributed by atoms with Crippen LogP contribution in [0.25, 0.3) is 0 Å². The second-order valence-electron chi connectivity index (χ2n) is 6.49. The van der Waals surface area contributed by atoms with E-state index in [0.717, 1.165) is 11.6 Å². The summed E-state index contributed by atoms with van der Waals surface area (Å²) in [6.07, 6.45) is -1.53. The fraction of sp³-hybridized carbons (Fsp3) is 0.100. The first kappa shape index (κ1) is 23.4. The van der Waals surface area contributed by atoms with Gasteiger partial charge in [0, 0.05) is 30.3 Å². The molecule has 1 heterocycles. The lowest BCUT2D eigenvalue weighted by Gasteiger charge is -2.13. The summed E-state index contributed by atoms with van der Waals surface area (Å²) in [5.74, 6) is 0. The van der Waals surface area contributed by atoms with Crippen molar-refractivity contribution < 1.29 is 26.4 Å². The fourth-order valence-corrected chi connectivity index (χ4v) is 4.16. The minimum Gasteiger partial charge on any atom is -0.334 e. The van der Waals surface area contributed by atoms with Gasteiger partial charge in [-0.15, -0.1) is 0 Å². The number of amides is 2. The summed E-state index contributed by atoms with van der Waals surface area (Å²) >= 11 is 5.81. The Hall–Kier alpha value is -3.31. The van der Waals surface area contributed by atoms with Gasteiger partial charge in [0.15, 0.2) is 0 Å². The Morgan fingerprint density at radius 1 is 0.969 bits per heavy atom. The van der Waals surface area contributed by atoms with Gasteiger partial charge in [-0.05, 0) is 60.2 Å². The van der Waals surface area contributed by atoms with Crippen LogP contribution in [0.15, 0.2) is 71.9 Å². The molecule has 2 aromatic carbocycles. The van der Waals surface area contributed by atoms with Gasteiger partial charge in [0.1, 0.15) is 4.90 Å². The molecule has 0 spiro atoms. The molecule has 3 N–H and O–H groups in total. The van der Waals surface area contributed by atoms with Gasteiger partial charge >= 0.3 is 12.2 Å². The van der Waals surface area contributed by atoms with Crippen LogP contribution in [-0.2, 0) is 22.7 Å². The molecule has 0 aliphatic rings. The van der Waals surface area contributed by atoms with Gasteiger partial charge in [0.25, 0.3) is 10.0 Å². The van der Waals surface area contributed by atoms with E-state index in [1.807, 2.05) is 0 Å². The quantitative estimate of drug-likeness (QED) is 0.464. The van der Waals surface area contributed by atoms with E-state index in [2.05, 4.69) is 20.3 Å². The molecule has 0 saturated carbocycles. The van der Waals surface area contributed by atoms with Crippen LogP contribution in [0.4, 0.5) is 29.3 Å². The zero-order chi connectivity index (χ0) is 23.4. The number of halogens is 4. The van der Waals surface area contributed by atoms with Gasteiger partial charge in [0.05, 0.1) is 10.6 Å². The first-order valence-electron chi connectivity index (χ1n) is 8.98. The molecule has 7 nitrogen and oxygen atoms in total. The van der Waals surface area contributed by atoms with Crippen LogP contribution in [-0.4, -0.2) is 19.4 Å². The highest BCUT2D eigenvalue weighted by molar-refractivity contribution is 7.92. The van der Waals surface area contributed by atoms with E-state index in [0.29, 0.717) is 17.8 Å². The van der Waals surface area contributed by atoms with Crippen LogP contribution in [0.3, 0.4) is 0 Å². The highest BCUT2D eigenvalue weighted by Crippen LogP contribution is 2.34. The molecule has 12 heteroatoms. The predicted octanol–water partition coefficient (Wildman–Crippen LogP) is 4.88. The smallest absolute Gasteiger partial charge is 0.334 e. The second kappa shape index (κ2) is 9.45. The largest absolute Gasteiger partial charge is 0.416 e. The van der Waals surface area contributed by atoms with E-state index < -0.39 is 32.7 Å². The maximum absolute atomic E-state index is 12.9. The van der Waals surface area contributed by atoms with Crippen molar-refractivity contribution in [1.82, 2.24) is 10.3 Å². The van der Waals surface area contributed by atoms with Crippen molar-refractivity contribution in [2.75, 3.05) is 10.0 Å². The Bertz CT molecular complexity index is 1210. The van der Waals surface area contributed by atoms with E-state index in [-0.39, 0.29) is 17.3 Å². The molecule has 3 rings (SSSR count). The number of carbonyl (C=O) groups excluding carboxylic acids is 1. The molecule has 0 saturated heterocycles. The third-order valence-corrected chi connectivity index (χ3v) is 6.01. The van der Waals surface area contributed by atoms with E-state index in [1.54, 1.807) is 24.5 Å². The molecule has 0 aliphatic heterocycles. The third-order valence-electron chi connectivity index (χ3n) is 4.15. The molecule has 0 atom stereocenters. The van der Waals surface area contributed by atoms with Crippen molar-refractivity contribution in [3.63, 3.8) is 0 Å². The molecule has 0 bridgehead atoms. The Morgan fingerprint density at radius 3 is 2.22 bits per heavy atom. The van der Waals surface area contributed by atoms with Gasteiger partial charge < -0.3 is 10.6 Å². The van der Waals surface area contributed by atoms with Gasteiger partial charge in [0.2, 0.25) is 0 Å². The van der Waals surface area contributed by atoms with Gasteiger partial charge in [-0.3, -0.25) is 9.71 Å². The summed E-state index contributed by atoms with van der Waals surface area (Å²) in [5, 5.41) is 4.88. The van der Waals surface area contributed by atoms with E-state index in [9.17, 15) is 26.4 Å². The van der Waals surface area contributed by atoms with Crippen LogP contribution >= 0.6 is 11.6 Å². The lowest BCUT2D eigenvalue weighted by atomic mass is 10.2. The number of hydrogen-bond acceptors (Lipinski definition) is 4. The predicted molar refractivity (Wildman–Crippen MR) is 114 cm³/mol. The summed E-state index contributed by atoms with van der Waals surface area (Å²) in [4.78, 5) is 15.2. The number of urea groups is 1. The van der Waals surface area contributed by atoms with E-state index in [1.165, 1.54) is 24.3 Å². The highest BCUT2D eigenvalue weighted by Gasteiger charge is 2.32. The van der Waals surface area contributed by atoms with Crippen LogP contribution in [0.1, 0.15) is 11.1 Å². The van der Waals surface area contributed by atoms with Crippen molar-refractivity contribution in [2.45, 2.75) is 17.6 Å².